The predicted octanol–water partition coefficient (Wildman–Crippen LogP) is 4.58. The molecular weight excluding hydrogens is 438 g/mol. The topological polar surface area (TPSA) is 72.9 Å². The lowest BCUT2D eigenvalue weighted by molar-refractivity contribution is -0.140. The maximum Gasteiger partial charge on any atom is 0.263 e. The van der Waals surface area contributed by atoms with Crippen molar-refractivity contribution in [3.8, 4) is 11.5 Å². The Balaban J connectivity index is 1.74. The van der Waals surface area contributed by atoms with Crippen LogP contribution in [-0.2, 0) is 21.2 Å². The molecule has 0 N–H and O–H groups in total. The van der Waals surface area contributed by atoms with Gasteiger partial charge in [0.15, 0.2) is 15.9 Å². The summed E-state index contributed by atoms with van der Waals surface area (Å²) in [5.41, 5.74) is 2.12. The molecule has 7 heteroatoms. The van der Waals surface area contributed by atoms with Gasteiger partial charge < -0.3 is 14.4 Å². The van der Waals surface area contributed by atoms with Crippen molar-refractivity contribution in [1.82, 2.24) is 4.90 Å². The Labute approximate surface area is 197 Å². The standard InChI is InChI=1S/C26H35NO5S/c1-5-15-31-24-10-6-21(7-11-24)17-27(23-14-16-33(29,30)18-23)26(28)20(4)32-25-12-8-22(9-13-25)19(2)3/h6-13,19-20,23H,5,14-18H2,1-4H3. The van der Waals surface area contributed by atoms with Crippen LogP contribution in [0.2, 0.25) is 0 Å². The smallest absolute Gasteiger partial charge is 0.263 e. The van der Waals surface area contributed by atoms with E-state index < -0.39 is 15.9 Å². The molecule has 1 saturated heterocycles. The summed E-state index contributed by atoms with van der Waals surface area (Å²) >= 11 is 0. The van der Waals surface area contributed by atoms with Crippen molar-refractivity contribution in [3.05, 3.63) is 59.7 Å². The van der Waals surface area contributed by atoms with Crippen molar-refractivity contribution in [2.45, 2.75) is 65.1 Å². The fourth-order valence-corrected chi connectivity index (χ4v) is 5.67. The van der Waals surface area contributed by atoms with Gasteiger partial charge in [0.2, 0.25) is 0 Å². The fourth-order valence-electron chi connectivity index (χ4n) is 3.94. The molecule has 0 spiro atoms. The Morgan fingerprint density at radius 1 is 1.03 bits per heavy atom. The number of amides is 1. The molecule has 0 radical (unpaired) electrons. The van der Waals surface area contributed by atoms with Crippen LogP contribution >= 0.6 is 0 Å². The molecular formula is C26H35NO5S. The minimum Gasteiger partial charge on any atom is -0.494 e. The summed E-state index contributed by atoms with van der Waals surface area (Å²) in [6.45, 7) is 8.99. The van der Waals surface area contributed by atoms with Gasteiger partial charge in [0.25, 0.3) is 5.91 Å². The summed E-state index contributed by atoms with van der Waals surface area (Å²) in [5.74, 6) is 1.71. The molecule has 2 atom stereocenters. The van der Waals surface area contributed by atoms with Gasteiger partial charge in [0.1, 0.15) is 11.5 Å². The van der Waals surface area contributed by atoms with E-state index in [1.165, 1.54) is 5.56 Å². The quantitative estimate of drug-likeness (QED) is 0.505. The van der Waals surface area contributed by atoms with Crippen LogP contribution in [0.1, 0.15) is 57.6 Å². The first-order valence-corrected chi connectivity index (χ1v) is 13.5. The Bertz CT molecular complexity index is 1020. The van der Waals surface area contributed by atoms with E-state index in [1.807, 2.05) is 48.5 Å². The largest absolute Gasteiger partial charge is 0.494 e. The van der Waals surface area contributed by atoms with E-state index in [9.17, 15) is 13.2 Å². The Hall–Kier alpha value is -2.54. The first-order valence-electron chi connectivity index (χ1n) is 11.7. The van der Waals surface area contributed by atoms with Crippen molar-refractivity contribution in [3.63, 3.8) is 0 Å². The van der Waals surface area contributed by atoms with E-state index in [-0.39, 0.29) is 23.5 Å². The zero-order valence-electron chi connectivity index (χ0n) is 20.0. The van der Waals surface area contributed by atoms with Crippen LogP contribution in [0.15, 0.2) is 48.5 Å². The van der Waals surface area contributed by atoms with E-state index in [4.69, 9.17) is 9.47 Å². The van der Waals surface area contributed by atoms with Crippen LogP contribution in [-0.4, -0.2) is 49.5 Å². The highest BCUT2D eigenvalue weighted by atomic mass is 32.2. The zero-order chi connectivity index (χ0) is 24.0. The first-order chi connectivity index (χ1) is 15.7. The zero-order valence-corrected chi connectivity index (χ0v) is 20.8. The van der Waals surface area contributed by atoms with Crippen molar-refractivity contribution in [1.29, 1.82) is 0 Å². The molecule has 1 aliphatic rings. The van der Waals surface area contributed by atoms with E-state index in [0.29, 0.717) is 31.2 Å². The molecule has 1 fully saturated rings. The molecule has 0 aromatic heterocycles. The van der Waals surface area contributed by atoms with Crippen LogP contribution in [0.25, 0.3) is 0 Å². The number of sulfone groups is 1. The lowest BCUT2D eigenvalue weighted by Crippen LogP contribution is -2.46. The molecule has 0 aliphatic carbocycles. The van der Waals surface area contributed by atoms with Gasteiger partial charge in [0, 0.05) is 12.6 Å². The molecule has 2 unspecified atom stereocenters. The van der Waals surface area contributed by atoms with Gasteiger partial charge in [-0.15, -0.1) is 0 Å². The molecule has 2 aromatic rings. The van der Waals surface area contributed by atoms with Crippen LogP contribution in [0.5, 0.6) is 11.5 Å². The highest BCUT2D eigenvalue weighted by Gasteiger charge is 2.36. The average Bonchev–Trinajstić information content (AvgIpc) is 3.16. The molecule has 1 amide bonds. The van der Waals surface area contributed by atoms with E-state index in [0.717, 1.165) is 17.7 Å². The molecule has 0 bridgehead atoms. The summed E-state index contributed by atoms with van der Waals surface area (Å²) in [6, 6.07) is 15.0. The Morgan fingerprint density at radius 3 is 2.21 bits per heavy atom. The minimum absolute atomic E-state index is 0.00770. The fraction of sp³-hybridized carbons (Fsp3) is 0.500. The van der Waals surface area contributed by atoms with E-state index in [2.05, 4.69) is 20.8 Å². The Morgan fingerprint density at radius 2 is 1.67 bits per heavy atom. The second-order valence-corrected chi connectivity index (χ2v) is 11.2. The van der Waals surface area contributed by atoms with Gasteiger partial charge in [-0.2, -0.15) is 0 Å². The van der Waals surface area contributed by atoms with Gasteiger partial charge in [-0.3, -0.25) is 4.79 Å². The van der Waals surface area contributed by atoms with Crippen LogP contribution in [0, 0.1) is 0 Å². The van der Waals surface area contributed by atoms with Gasteiger partial charge in [0.05, 0.1) is 18.1 Å². The van der Waals surface area contributed by atoms with Crippen LogP contribution in [0.3, 0.4) is 0 Å². The average molecular weight is 474 g/mol. The van der Waals surface area contributed by atoms with Gasteiger partial charge >= 0.3 is 0 Å². The second kappa shape index (κ2) is 11.1. The number of ether oxygens (including phenoxy) is 2. The SMILES string of the molecule is CCCOc1ccc(CN(C(=O)C(C)Oc2ccc(C(C)C)cc2)C2CCS(=O)(=O)C2)cc1. The molecule has 0 saturated carbocycles. The van der Waals surface area contributed by atoms with Gasteiger partial charge in [-0.25, -0.2) is 8.42 Å². The number of nitrogens with zero attached hydrogens (tertiary/aromatic N) is 1. The molecule has 6 nitrogen and oxygen atoms in total. The highest BCUT2D eigenvalue weighted by Crippen LogP contribution is 2.24. The maximum atomic E-state index is 13.4. The van der Waals surface area contributed by atoms with Crippen molar-refractivity contribution < 1.29 is 22.7 Å². The second-order valence-electron chi connectivity index (χ2n) is 9.00. The maximum absolute atomic E-state index is 13.4. The summed E-state index contributed by atoms with van der Waals surface area (Å²) in [5, 5.41) is 0. The first kappa shape index (κ1) is 25.1. The Kier molecular flexibility index (Phi) is 8.40. The molecule has 33 heavy (non-hydrogen) atoms. The number of benzene rings is 2. The number of hydrogen-bond acceptors (Lipinski definition) is 5. The molecule has 3 rings (SSSR count). The molecule has 180 valence electrons. The van der Waals surface area contributed by atoms with E-state index in [1.54, 1.807) is 11.8 Å². The van der Waals surface area contributed by atoms with Crippen molar-refractivity contribution in [2.75, 3.05) is 18.1 Å². The van der Waals surface area contributed by atoms with Crippen molar-refractivity contribution in [2.24, 2.45) is 0 Å². The van der Waals surface area contributed by atoms with Crippen LogP contribution < -0.4 is 9.47 Å². The number of rotatable bonds is 10. The van der Waals surface area contributed by atoms with Gasteiger partial charge in [-0.05, 0) is 61.1 Å². The number of carbonyl (C=O) groups excluding carboxylic acids is 1. The third kappa shape index (κ3) is 6.97. The highest BCUT2D eigenvalue weighted by molar-refractivity contribution is 7.91. The number of carbonyl (C=O) groups is 1. The monoisotopic (exact) mass is 473 g/mol. The lowest BCUT2D eigenvalue weighted by atomic mass is 10.0. The summed E-state index contributed by atoms with van der Waals surface area (Å²) in [6.07, 6.45) is 0.644. The summed E-state index contributed by atoms with van der Waals surface area (Å²) in [7, 11) is -3.14. The number of hydrogen-bond donors (Lipinski definition) is 0. The minimum atomic E-state index is -3.14. The lowest BCUT2D eigenvalue weighted by Gasteiger charge is -2.31. The summed E-state index contributed by atoms with van der Waals surface area (Å²) in [4.78, 5) is 15.1. The predicted molar refractivity (Wildman–Crippen MR) is 130 cm³/mol. The molecule has 1 aliphatic heterocycles. The molecule has 1 heterocycles. The third-order valence-corrected chi connectivity index (χ3v) is 7.64. The van der Waals surface area contributed by atoms with E-state index >= 15 is 0 Å². The molecule has 2 aromatic carbocycles. The third-order valence-electron chi connectivity index (χ3n) is 5.89. The normalized spacial score (nSPS) is 18.2. The van der Waals surface area contributed by atoms with Crippen LogP contribution in [0.4, 0.5) is 0 Å². The van der Waals surface area contributed by atoms with Gasteiger partial charge in [-0.1, -0.05) is 45.0 Å². The van der Waals surface area contributed by atoms with Crippen molar-refractivity contribution >= 4 is 15.7 Å². The summed E-state index contributed by atoms with van der Waals surface area (Å²) < 4.78 is 35.8.